The van der Waals surface area contributed by atoms with Crippen LogP contribution in [0.3, 0.4) is 0 Å². The van der Waals surface area contributed by atoms with Gasteiger partial charge in [0.25, 0.3) is 0 Å². The number of hydrogen-bond acceptors (Lipinski definition) is 3. The van der Waals surface area contributed by atoms with Gasteiger partial charge in [-0.2, -0.15) is 0 Å². The second kappa shape index (κ2) is 5.77. The number of hydrogen-bond donors (Lipinski definition) is 1. The van der Waals surface area contributed by atoms with E-state index in [-0.39, 0.29) is 28.6 Å². The topological polar surface area (TPSA) is 46.2 Å². The molecule has 6 heteroatoms. The Morgan fingerprint density at radius 1 is 1.47 bits per heavy atom. The lowest BCUT2D eigenvalue weighted by Gasteiger charge is -2.26. The van der Waals surface area contributed by atoms with Gasteiger partial charge in [0.1, 0.15) is 5.82 Å². The molecule has 2 rings (SSSR count). The fourth-order valence-electron chi connectivity index (χ4n) is 2.39. The van der Waals surface area contributed by atoms with E-state index in [1.54, 1.807) is 6.07 Å². The molecular weight excluding hydrogens is 289 g/mol. The van der Waals surface area contributed by atoms with Crippen LogP contribution in [0.5, 0.6) is 0 Å². The van der Waals surface area contributed by atoms with Crippen molar-refractivity contribution in [3.05, 3.63) is 34.6 Å². The van der Waals surface area contributed by atoms with Gasteiger partial charge in [-0.15, -0.1) is 0 Å². The molecule has 0 aliphatic carbocycles. The van der Waals surface area contributed by atoms with Crippen molar-refractivity contribution in [1.82, 2.24) is 5.32 Å². The van der Waals surface area contributed by atoms with Crippen LogP contribution in [0.15, 0.2) is 18.2 Å². The van der Waals surface area contributed by atoms with Crippen LogP contribution < -0.4 is 5.32 Å². The van der Waals surface area contributed by atoms with Gasteiger partial charge in [0.2, 0.25) is 0 Å². The van der Waals surface area contributed by atoms with Crippen LogP contribution in [0.2, 0.25) is 5.02 Å². The summed E-state index contributed by atoms with van der Waals surface area (Å²) < 4.78 is 36.5. The summed E-state index contributed by atoms with van der Waals surface area (Å²) in [4.78, 5) is 0. The van der Waals surface area contributed by atoms with Crippen LogP contribution in [-0.4, -0.2) is 26.0 Å². The van der Waals surface area contributed by atoms with Gasteiger partial charge in [-0.05, 0) is 37.5 Å². The van der Waals surface area contributed by atoms with E-state index in [4.69, 9.17) is 11.6 Å². The van der Waals surface area contributed by atoms with Crippen LogP contribution in [-0.2, 0) is 9.84 Å². The molecule has 0 radical (unpaired) electrons. The van der Waals surface area contributed by atoms with Crippen molar-refractivity contribution >= 4 is 21.4 Å². The minimum atomic E-state index is -2.93. The first-order valence-electron chi connectivity index (χ1n) is 6.29. The summed E-state index contributed by atoms with van der Waals surface area (Å²) in [5, 5.41) is 3.34. The molecule has 0 amide bonds. The molecule has 1 saturated heterocycles. The first-order valence-corrected chi connectivity index (χ1v) is 8.49. The SMILES string of the molecule is CC(NC1CCCS(=O)(=O)C1)c1ccc(Cl)c(F)c1. The zero-order chi connectivity index (χ0) is 14.0. The van der Waals surface area contributed by atoms with Crippen molar-refractivity contribution in [2.75, 3.05) is 11.5 Å². The molecule has 1 heterocycles. The summed E-state index contributed by atoms with van der Waals surface area (Å²) >= 11 is 5.64. The largest absolute Gasteiger partial charge is 0.306 e. The lowest BCUT2D eigenvalue weighted by Crippen LogP contribution is -2.41. The van der Waals surface area contributed by atoms with Crippen molar-refractivity contribution in [3.63, 3.8) is 0 Å². The maximum absolute atomic E-state index is 13.4. The van der Waals surface area contributed by atoms with Crippen molar-refractivity contribution in [2.24, 2.45) is 0 Å². The molecule has 1 aliphatic heterocycles. The Kier molecular flexibility index (Phi) is 4.48. The zero-order valence-corrected chi connectivity index (χ0v) is 12.3. The van der Waals surface area contributed by atoms with E-state index >= 15 is 0 Å². The Labute approximate surface area is 118 Å². The van der Waals surface area contributed by atoms with Gasteiger partial charge in [0.15, 0.2) is 9.84 Å². The van der Waals surface area contributed by atoms with Gasteiger partial charge < -0.3 is 5.32 Å². The minimum absolute atomic E-state index is 0.0625. The number of sulfone groups is 1. The first-order chi connectivity index (χ1) is 8.87. The molecule has 3 nitrogen and oxygen atoms in total. The predicted octanol–water partition coefficient (Wildman–Crippen LogP) is 2.71. The average Bonchev–Trinajstić information content (AvgIpc) is 2.31. The number of benzene rings is 1. The maximum Gasteiger partial charge on any atom is 0.151 e. The molecule has 1 N–H and O–H groups in total. The molecule has 0 bridgehead atoms. The van der Waals surface area contributed by atoms with Crippen LogP contribution in [0, 0.1) is 5.82 Å². The van der Waals surface area contributed by atoms with Gasteiger partial charge in [-0.1, -0.05) is 17.7 Å². The van der Waals surface area contributed by atoms with Gasteiger partial charge >= 0.3 is 0 Å². The molecule has 2 unspecified atom stereocenters. The third-order valence-corrected chi connectivity index (χ3v) is 5.52. The van der Waals surface area contributed by atoms with E-state index < -0.39 is 15.7 Å². The second-order valence-electron chi connectivity index (χ2n) is 5.02. The normalized spacial score (nSPS) is 24.1. The molecule has 2 atom stereocenters. The second-order valence-corrected chi connectivity index (χ2v) is 7.65. The average molecular weight is 306 g/mol. The fraction of sp³-hybridized carbons (Fsp3) is 0.538. The Morgan fingerprint density at radius 3 is 2.84 bits per heavy atom. The summed E-state index contributed by atoms with van der Waals surface area (Å²) in [6, 6.07) is 4.48. The maximum atomic E-state index is 13.4. The van der Waals surface area contributed by atoms with Crippen molar-refractivity contribution in [1.29, 1.82) is 0 Å². The van der Waals surface area contributed by atoms with Crippen molar-refractivity contribution in [3.8, 4) is 0 Å². The monoisotopic (exact) mass is 305 g/mol. The Balaban J connectivity index is 2.04. The van der Waals surface area contributed by atoms with Crippen LogP contribution in [0.25, 0.3) is 0 Å². The molecule has 106 valence electrons. The number of rotatable bonds is 3. The van der Waals surface area contributed by atoms with Crippen molar-refractivity contribution in [2.45, 2.75) is 31.8 Å². The first kappa shape index (κ1) is 14.8. The summed E-state index contributed by atoms with van der Waals surface area (Å²) in [6.45, 7) is 1.89. The van der Waals surface area contributed by atoms with Gasteiger partial charge in [-0.25, -0.2) is 12.8 Å². The fourth-order valence-corrected chi connectivity index (χ4v) is 4.15. The van der Waals surface area contributed by atoms with Crippen LogP contribution >= 0.6 is 11.6 Å². The quantitative estimate of drug-likeness (QED) is 0.934. The highest BCUT2D eigenvalue weighted by Gasteiger charge is 2.25. The molecule has 1 fully saturated rings. The van der Waals surface area contributed by atoms with E-state index in [1.807, 2.05) is 6.92 Å². The lowest BCUT2D eigenvalue weighted by molar-refractivity contribution is 0.436. The Morgan fingerprint density at radius 2 is 2.21 bits per heavy atom. The highest BCUT2D eigenvalue weighted by Crippen LogP contribution is 2.22. The van der Waals surface area contributed by atoms with E-state index in [0.717, 1.165) is 12.0 Å². The Hall–Kier alpha value is -0.650. The molecule has 0 saturated carbocycles. The van der Waals surface area contributed by atoms with Crippen molar-refractivity contribution < 1.29 is 12.8 Å². The predicted molar refractivity (Wildman–Crippen MR) is 74.6 cm³/mol. The molecule has 1 aliphatic rings. The van der Waals surface area contributed by atoms with E-state index in [0.29, 0.717) is 6.42 Å². The molecule has 1 aromatic rings. The number of halogens is 2. The molecule has 0 aromatic heterocycles. The summed E-state index contributed by atoms with van der Waals surface area (Å²) in [7, 11) is -2.93. The third-order valence-electron chi connectivity index (χ3n) is 3.39. The standard InChI is InChI=1S/C13H17ClFNO2S/c1-9(10-4-5-12(14)13(15)7-10)16-11-3-2-6-19(17,18)8-11/h4-5,7,9,11,16H,2-3,6,8H2,1H3. The minimum Gasteiger partial charge on any atom is -0.306 e. The Bertz CT molecular complexity index is 562. The van der Waals surface area contributed by atoms with E-state index in [9.17, 15) is 12.8 Å². The van der Waals surface area contributed by atoms with E-state index in [1.165, 1.54) is 12.1 Å². The van der Waals surface area contributed by atoms with Gasteiger partial charge in [-0.3, -0.25) is 0 Å². The van der Waals surface area contributed by atoms with Gasteiger partial charge in [0.05, 0.1) is 16.5 Å². The zero-order valence-electron chi connectivity index (χ0n) is 10.7. The van der Waals surface area contributed by atoms with Crippen LogP contribution in [0.4, 0.5) is 4.39 Å². The molecule has 19 heavy (non-hydrogen) atoms. The number of nitrogens with one attached hydrogen (secondary N) is 1. The smallest absolute Gasteiger partial charge is 0.151 e. The summed E-state index contributed by atoms with van der Waals surface area (Å²) in [5.41, 5.74) is 0.768. The lowest BCUT2D eigenvalue weighted by atomic mass is 10.1. The highest BCUT2D eigenvalue weighted by atomic mass is 35.5. The highest BCUT2D eigenvalue weighted by molar-refractivity contribution is 7.91. The van der Waals surface area contributed by atoms with E-state index in [2.05, 4.69) is 5.32 Å². The molecule has 1 aromatic carbocycles. The van der Waals surface area contributed by atoms with Gasteiger partial charge in [0, 0.05) is 12.1 Å². The summed E-state index contributed by atoms with van der Waals surface area (Å²) in [6.07, 6.45) is 1.52. The van der Waals surface area contributed by atoms with Crippen LogP contribution in [0.1, 0.15) is 31.4 Å². The summed E-state index contributed by atoms with van der Waals surface area (Å²) in [5.74, 6) is -0.0215. The third kappa shape index (κ3) is 3.91. The molecular formula is C13H17ClFNO2S. The molecule has 0 spiro atoms.